The maximum absolute atomic E-state index is 13.3. The second-order valence-corrected chi connectivity index (χ2v) is 8.68. The molecule has 2 unspecified atom stereocenters. The first-order chi connectivity index (χ1) is 15.9. The Morgan fingerprint density at radius 1 is 0.882 bits per heavy atom. The normalized spacial score (nSPS) is 22.3. The fourth-order valence-corrected chi connectivity index (χ4v) is 4.79. The summed E-state index contributed by atoms with van der Waals surface area (Å²) in [6.07, 6.45) is -9.18. The van der Waals surface area contributed by atoms with Crippen molar-refractivity contribution in [2.75, 3.05) is 26.2 Å². The van der Waals surface area contributed by atoms with Crippen molar-refractivity contribution in [2.24, 2.45) is 0 Å². The zero-order chi connectivity index (χ0) is 24.7. The van der Waals surface area contributed by atoms with Crippen molar-refractivity contribution in [1.29, 1.82) is 0 Å². The third-order valence-electron chi connectivity index (χ3n) is 6.45. The Balaban J connectivity index is 1.65. The van der Waals surface area contributed by atoms with E-state index in [4.69, 9.17) is 0 Å². The summed E-state index contributed by atoms with van der Waals surface area (Å²) in [7, 11) is 0. The van der Waals surface area contributed by atoms with Gasteiger partial charge in [0.15, 0.2) is 0 Å². The third kappa shape index (κ3) is 5.11. The minimum absolute atomic E-state index is 0.0141. The predicted molar refractivity (Wildman–Crippen MR) is 111 cm³/mol. The van der Waals surface area contributed by atoms with Crippen LogP contribution in [0.1, 0.15) is 45.8 Å². The van der Waals surface area contributed by atoms with Gasteiger partial charge in [-0.3, -0.25) is 14.5 Å². The standard InChI is InChI=1S/C24H22F6N2O2/c25-23(26,27)17-10-16(11-18(12-17)24(28,29)30)22(34)32-9-7-21(31-8-6-19(33)13-31)20(14-32)15-4-2-1-3-5-15/h1-5,10-12,20-21H,6-9,13-14H2. The number of Topliss-reactive ketones (excluding diaryl/α,β-unsaturated/α-hetero) is 1. The van der Waals surface area contributed by atoms with Gasteiger partial charge in [0.25, 0.3) is 5.91 Å². The van der Waals surface area contributed by atoms with E-state index in [1.807, 2.05) is 35.2 Å². The monoisotopic (exact) mass is 484 g/mol. The van der Waals surface area contributed by atoms with Crippen LogP contribution in [0.5, 0.6) is 0 Å². The lowest BCUT2D eigenvalue weighted by molar-refractivity contribution is -0.143. The maximum Gasteiger partial charge on any atom is 0.416 e. The lowest BCUT2D eigenvalue weighted by atomic mass is 9.84. The van der Waals surface area contributed by atoms with Crippen LogP contribution in [0.15, 0.2) is 48.5 Å². The molecular formula is C24H22F6N2O2. The van der Waals surface area contributed by atoms with Crippen LogP contribution >= 0.6 is 0 Å². The summed E-state index contributed by atoms with van der Waals surface area (Å²) in [5.74, 6) is -1.000. The van der Waals surface area contributed by atoms with Crippen LogP contribution in [0.3, 0.4) is 0 Å². The zero-order valence-corrected chi connectivity index (χ0v) is 18.0. The summed E-state index contributed by atoms with van der Waals surface area (Å²) in [5.41, 5.74) is -2.79. The molecule has 0 spiro atoms. The molecule has 4 nitrogen and oxygen atoms in total. The number of nitrogens with zero attached hydrogens (tertiary/aromatic N) is 2. The van der Waals surface area contributed by atoms with Crippen molar-refractivity contribution >= 4 is 11.7 Å². The second kappa shape index (κ2) is 9.05. The Morgan fingerprint density at radius 3 is 2.03 bits per heavy atom. The van der Waals surface area contributed by atoms with Gasteiger partial charge in [0.2, 0.25) is 0 Å². The number of benzene rings is 2. The number of alkyl halides is 6. The lowest BCUT2D eigenvalue weighted by Gasteiger charge is -2.43. The van der Waals surface area contributed by atoms with Crippen LogP contribution in [0.2, 0.25) is 0 Å². The molecule has 0 aliphatic carbocycles. The number of amides is 1. The molecule has 2 aromatic rings. The van der Waals surface area contributed by atoms with E-state index in [-0.39, 0.29) is 36.9 Å². The van der Waals surface area contributed by atoms with Crippen molar-refractivity contribution in [3.8, 4) is 0 Å². The molecule has 4 rings (SSSR count). The number of hydrogen-bond donors (Lipinski definition) is 0. The summed E-state index contributed by atoms with van der Waals surface area (Å²) >= 11 is 0. The van der Waals surface area contributed by atoms with Crippen molar-refractivity contribution in [1.82, 2.24) is 9.80 Å². The number of rotatable bonds is 3. The third-order valence-corrected chi connectivity index (χ3v) is 6.45. The Labute approximate surface area is 192 Å². The van der Waals surface area contributed by atoms with Gasteiger partial charge in [0, 0.05) is 43.6 Å². The minimum Gasteiger partial charge on any atom is -0.338 e. The molecule has 2 fully saturated rings. The van der Waals surface area contributed by atoms with Crippen molar-refractivity contribution in [3.63, 3.8) is 0 Å². The van der Waals surface area contributed by atoms with E-state index in [9.17, 15) is 35.9 Å². The van der Waals surface area contributed by atoms with Gasteiger partial charge in [0.05, 0.1) is 17.7 Å². The molecule has 34 heavy (non-hydrogen) atoms. The number of carbonyl (C=O) groups is 2. The van der Waals surface area contributed by atoms with Gasteiger partial charge >= 0.3 is 12.4 Å². The largest absolute Gasteiger partial charge is 0.416 e. The SMILES string of the molecule is O=C1CCN(C2CCN(C(=O)c3cc(C(F)(F)F)cc(C(F)(F)F)c3)CC2c2ccccc2)C1. The van der Waals surface area contributed by atoms with Crippen LogP contribution in [0, 0.1) is 0 Å². The summed E-state index contributed by atoms with van der Waals surface area (Å²) in [6.45, 7) is 1.17. The van der Waals surface area contributed by atoms with E-state index in [0.717, 1.165) is 5.56 Å². The molecule has 2 aliphatic heterocycles. The van der Waals surface area contributed by atoms with Gasteiger partial charge in [-0.1, -0.05) is 30.3 Å². The molecule has 0 bridgehead atoms. The summed E-state index contributed by atoms with van der Waals surface area (Å²) < 4.78 is 79.5. The summed E-state index contributed by atoms with van der Waals surface area (Å²) in [5, 5.41) is 0. The quantitative estimate of drug-likeness (QED) is 0.576. The molecule has 182 valence electrons. The Bertz CT molecular complexity index is 1040. The fraction of sp³-hybridized carbons (Fsp3) is 0.417. The molecule has 0 radical (unpaired) electrons. The lowest BCUT2D eigenvalue weighted by Crippen LogP contribution is -2.51. The van der Waals surface area contributed by atoms with Crippen molar-refractivity contribution in [3.05, 3.63) is 70.8 Å². The number of hydrogen-bond acceptors (Lipinski definition) is 3. The molecule has 10 heteroatoms. The van der Waals surface area contributed by atoms with Crippen LogP contribution < -0.4 is 0 Å². The van der Waals surface area contributed by atoms with Gasteiger partial charge in [-0.05, 0) is 30.2 Å². The van der Waals surface area contributed by atoms with E-state index in [1.165, 1.54) is 4.90 Å². The van der Waals surface area contributed by atoms with E-state index in [2.05, 4.69) is 0 Å². The topological polar surface area (TPSA) is 40.6 Å². The van der Waals surface area contributed by atoms with Crippen molar-refractivity contribution in [2.45, 2.75) is 37.2 Å². The first kappa shape index (κ1) is 24.3. The van der Waals surface area contributed by atoms with Crippen molar-refractivity contribution < 1.29 is 35.9 Å². The highest BCUT2D eigenvalue weighted by atomic mass is 19.4. The number of ketones is 1. The highest BCUT2D eigenvalue weighted by Gasteiger charge is 2.41. The second-order valence-electron chi connectivity index (χ2n) is 8.68. The molecule has 0 saturated carbocycles. The van der Waals surface area contributed by atoms with E-state index >= 15 is 0 Å². The van der Waals surface area contributed by atoms with E-state index in [1.54, 1.807) is 0 Å². The maximum atomic E-state index is 13.3. The van der Waals surface area contributed by atoms with E-state index < -0.39 is 35.0 Å². The highest BCUT2D eigenvalue weighted by Crippen LogP contribution is 2.38. The number of piperidine rings is 1. The van der Waals surface area contributed by atoms with Gasteiger partial charge in [-0.15, -0.1) is 0 Å². The number of halogens is 6. The van der Waals surface area contributed by atoms with Gasteiger partial charge in [-0.25, -0.2) is 0 Å². The fourth-order valence-electron chi connectivity index (χ4n) is 4.79. The van der Waals surface area contributed by atoms with Crippen LogP contribution in [0.25, 0.3) is 0 Å². The smallest absolute Gasteiger partial charge is 0.338 e. The number of likely N-dealkylation sites (tertiary alicyclic amines) is 2. The predicted octanol–water partition coefficient (Wildman–Crippen LogP) is 5.00. The molecule has 2 heterocycles. The highest BCUT2D eigenvalue weighted by molar-refractivity contribution is 5.95. The molecule has 0 aromatic heterocycles. The molecule has 2 atom stereocenters. The van der Waals surface area contributed by atoms with Gasteiger partial charge in [-0.2, -0.15) is 26.3 Å². The summed E-state index contributed by atoms with van der Waals surface area (Å²) in [4.78, 5) is 28.3. The molecule has 2 aromatic carbocycles. The molecule has 2 saturated heterocycles. The first-order valence-electron chi connectivity index (χ1n) is 10.8. The molecule has 2 aliphatic rings. The van der Waals surface area contributed by atoms with E-state index in [0.29, 0.717) is 38.1 Å². The Kier molecular flexibility index (Phi) is 6.46. The van der Waals surface area contributed by atoms with Crippen LogP contribution in [-0.2, 0) is 17.1 Å². The van der Waals surface area contributed by atoms with Crippen LogP contribution in [0.4, 0.5) is 26.3 Å². The molecule has 0 N–H and O–H groups in total. The average Bonchev–Trinajstić information content (AvgIpc) is 3.23. The van der Waals surface area contributed by atoms with Gasteiger partial charge in [0.1, 0.15) is 5.78 Å². The minimum atomic E-state index is -5.03. The van der Waals surface area contributed by atoms with Crippen LogP contribution in [-0.4, -0.2) is 53.7 Å². The number of carbonyl (C=O) groups excluding carboxylic acids is 2. The van der Waals surface area contributed by atoms with Gasteiger partial charge < -0.3 is 4.90 Å². The first-order valence-corrected chi connectivity index (χ1v) is 10.8. The molecule has 1 amide bonds. The Morgan fingerprint density at radius 2 is 1.50 bits per heavy atom. The molecular weight excluding hydrogens is 462 g/mol. The average molecular weight is 484 g/mol. The zero-order valence-electron chi connectivity index (χ0n) is 18.0. The Hall–Kier alpha value is -2.88. The summed E-state index contributed by atoms with van der Waals surface area (Å²) in [6, 6.07) is 10.1.